The van der Waals surface area contributed by atoms with Crippen LogP contribution in [-0.4, -0.2) is 30.9 Å². The molecule has 2 rings (SSSR count). The number of halogens is 1. The summed E-state index contributed by atoms with van der Waals surface area (Å²) in [6.07, 6.45) is 2.80. The van der Waals surface area contributed by atoms with Crippen LogP contribution in [0.1, 0.15) is 31.7 Å². The predicted molar refractivity (Wildman–Crippen MR) is 74.1 cm³/mol. The number of sulfonamides is 1. The Hall–Kier alpha value is -0.980. The van der Waals surface area contributed by atoms with E-state index in [-0.39, 0.29) is 10.5 Å². The fraction of sp³-hybridized carbons (Fsp3) is 0.571. The summed E-state index contributed by atoms with van der Waals surface area (Å²) in [6.45, 7) is 2.39. The van der Waals surface area contributed by atoms with Crippen molar-refractivity contribution >= 4 is 10.0 Å². The first-order valence-corrected chi connectivity index (χ1v) is 8.32. The number of hydrogen-bond acceptors (Lipinski definition) is 3. The third-order valence-electron chi connectivity index (χ3n) is 3.45. The molecule has 0 aliphatic heterocycles. The molecule has 0 bridgehead atoms. The number of benzene rings is 1. The van der Waals surface area contributed by atoms with Crippen molar-refractivity contribution in [1.82, 2.24) is 4.31 Å². The largest absolute Gasteiger partial charge is 0.392 e. The second kappa shape index (κ2) is 6.20. The Kier molecular flexibility index (Phi) is 4.78. The average molecular weight is 301 g/mol. The van der Waals surface area contributed by atoms with Crippen molar-refractivity contribution in [2.75, 3.05) is 13.1 Å². The molecule has 0 atom stereocenters. The first-order chi connectivity index (χ1) is 9.48. The molecule has 0 saturated heterocycles. The molecule has 1 aromatic rings. The lowest BCUT2D eigenvalue weighted by Crippen LogP contribution is -2.34. The molecule has 0 radical (unpaired) electrons. The van der Waals surface area contributed by atoms with Crippen LogP contribution in [-0.2, 0) is 16.6 Å². The van der Waals surface area contributed by atoms with Gasteiger partial charge in [-0.2, -0.15) is 4.31 Å². The third-order valence-corrected chi connectivity index (χ3v) is 5.40. The topological polar surface area (TPSA) is 57.6 Å². The SMILES string of the molecule is CCCN(CC1CC1)S(=O)(=O)c1cc(F)ccc1CO. The van der Waals surface area contributed by atoms with E-state index in [4.69, 9.17) is 0 Å². The number of nitrogens with zero attached hydrogens (tertiary/aromatic N) is 1. The van der Waals surface area contributed by atoms with E-state index in [0.29, 0.717) is 25.4 Å². The van der Waals surface area contributed by atoms with Crippen LogP contribution >= 0.6 is 0 Å². The van der Waals surface area contributed by atoms with Gasteiger partial charge in [0.25, 0.3) is 0 Å². The molecule has 112 valence electrons. The highest BCUT2D eigenvalue weighted by atomic mass is 32.2. The van der Waals surface area contributed by atoms with E-state index in [9.17, 15) is 17.9 Å². The van der Waals surface area contributed by atoms with Crippen molar-refractivity contribution in [3.05, 3.63) is 29.6 Å². The molecule has 4 nitrogen and oxygen atoms in total. The van der Waals surface area contributed by atoms with Crippen LogP contribution in [0, 0.1) is 11.7 Å². The van der Waals surface area contributed by atoms with Crippen molar-refractivity contribution < 1.29 is 17.9 Å². The first kappa shape index (κ1) is 15.4. The van der Waals surface area contributed by atoms with E-state index >= 15 is 0 Å². The fourth-order valence-electron chi connectivity index (χ4n) is 2.19. The highest BCUT2D eigenvalue weighted by Crippen LogP contribution is 2.32. The maximum atomic E-state index is 13.4. The molecule has 1 N–H and O–H groups in total. The van der Waals surface area contributed by atoms with Crippen molar-refractivity contribution in [2.24, 2.45) is 5.92 Å². The Balaban J connectivity index is 2.37. The molecule has 0 spiro atoms. The Morgan fingerprint density at radius 1 is 1.40 bits per heavy atom. The summed E-state index contributed by atoms with van der Waals surface area (Å²) < 4.78 is 40.1. The highest BCUT2D eigenvalue weighted by molar-refractivity contribution is 7.89. The molecule has 1 saturated carbocycles. The van der Waals surface area contributed by atoms with Crippen LogP contribution in [0.15, 0.2) is 23.1 Å². The standard InChI is InChI=1S/C14H20FNO3S/c1-2-7-16(9-11-3-4-11)20(18,19)14-8-13(15)6-5-12(14)10-17/h5-6,8,11,17H,2-4,7,9-10H2,1H3. The number of hydrogen-bond donors (Lipinski definition) is 1. The minimum absolute atomic E-state index is 0.117. The van der Waals surface area contributed by atoms with Gasteiger partial charge in [-0.15, -0.1) is 0 Å². The molecule has 0 aromatic heterocycles. The second-order valence-electron chi connectivity index (χ2n) is 5.22. The molecule has 0 amide bonds. The average Bonchev–Trinajstić information content (AvgIpc) is 3.22. The van der Waals surface area contributed by atoms with Crippen molar-refractivity contribution in [1.29, 1.82) is 0 Å². The maximum Gasteiger partial charge on any atom is 0.243 e. The van der Waals surface area contributed by atoms with Crippen LogP contribution in [0.2, 0.25) is 0 Å². The number of aliphatic hydroxyl groups is 1. The lowest BCUT2D eigenvalue weighted by atomic mass is 10.2. The molecular formula is C14H20FNO3S. The molecule has 6 heteroatoms. The minimum atomic E-state index is -3.75. The molecule has 20 heavy (non-hydrogen) atoms. The molecule has 0 heterocycles. The Labute approximate surface area is 119 Å². The summed E-state index contributed by atoms with van der Waals surface area (Å²) in [7, 11) is -3.75. The summed E-state index contributed by atoms with van der Waals surface area (Å²) in [6, 6.07) is 3.48. The predicted octanol–water partition coefficient (Wildman–Crippen LogP) is 2.13. The lowest BCUT2D eigenvalue weighted by molar-refractivity contribution is 0.277. The zero-order valence-electron chi connectivity index (χ0n) is 11.5. The van der Waals surface area contributed by atoms with Crippen molar-refractivity contribution in [2.45, 2.75) is 37.7 Å². The minimum Gasteiger partial charge on any atom is -0.392 e. The molecule has 1 aromatic carbocycles. The second-order valence-corrected chi connectivity index (χ2v) is 7.12. The van der Waals surface area contributed by atoms with Crippen molar-refractivity contribution in [3.63, 3.8) is 0 Å². The van der Waals surface area contributed by atoms with E-state index < -0.39 is 22.4 Å². The normalized spacial score (nSPS) is 15.8. The Morgan fingerprint density at radius 2 is 2.10 bits per heavy atom. The van der Waals surface area contributed by atoms with E-state index in [1.807, 2.05) is 6.92 Å². The lowest BCUT2D eigenvalue weighted by Gasteiger charge is -2.22. The highest BCUT2D eigenvalue weighted by Gasteiger charge is 2.32. The van der Waals surface area contributed by atoms with Crippen LogP contribution in [0.25, 0.3) is 0 Å². The molecule has 1 aliphatic carbocycles. The number of aliphatic hydroxyl groups excluding tert-OH is 1. The van der Waals surface area contributed by atoms with Gasteiger partial charge < -0.3 is 5.11 Å². The van der Waals surface area contributed by atoms with E-state index in [0.717, 1.165) is 25.0 Å². The van der Waals surface area contributed by atoms with E-state index in [1.54, 1.807) is 0 Å². The number of rotatable bonds is 7. The molecular weight excluding hydrogens is 281 g/mol. The fourth-order valence-corrected chi connectivity index (χ4v) is 4.02. The maximum absolute atomic E-state index is 13.4. The van der Waals surface area contributed by atoms with E-state index in [1.165, 1.54) is 10.4 Å². The summed E-state index contributed by atoms with van der Waals surface area (Å²) in [5.41, 5.74) is 0.239. The Bertz CT molecular complexity index is 570. The quantitative estimate of drug-likeness (QED) is 0.839. The summed E-state index contributed by atoms with van der Waals surface area (Å²) >= 11 is 0. The van der Waals surface area contributed by atoms with Crippen LogP contribution in [0.3, 0.4) is 0 Å². The van der Waals surface area contributed by atoms with Gasteiger partial charge in [0.2, 0.25) is 10.0 Å². The monoisotopic (exact) mass is 301 g/mol. The smallest absolute Gasteiger partial charge is 0.243 e. The van der Waals surface area contributed by atoms with Crippen LogP contribution in [0.5, 0.6) is 0 Å². The van der Waals surface area contributed by atoms with Gasteiger partial charge >= 0.3 is 0 Å². The summed E-state index contributed by atoms with van der Waals surface area (Å²) in [4.78, 5) is -0.117. The van der Waals surface area contributed by atoms with Gasteiger partial charge in [0.15, 0.2) is 0 Å². The van der Waals surface area contributed by atoms with Gasteiger partial charge in [-0.1, -0.05) is 13.0 Å². The zero-order valence-corrected chi connectivity index (χ0v) is 12.4. The van der Waals surface area contributed by atoms with Crippen molar-refractivity contribution in [3.8, 4) is 0 Å². The molecule has 1 fully saturated rings. The van der Waals surface area contributed by atoms with Crippen LogP contribution < -0.4 is 0 Å². The molecule has 0 unspecified atom stereocenters. The molecule has 1 aliphatic rings. The third kappa shape index (κ3) is 3.37. The summed E-state index contributed by atoms with van der Waals surface area (Å²) in [5.74, 6) is -0.189. The zero-order chi connectivity index (χ0) is 14.8. The van der Waals surface area contributed by atoms with Gasteiger partial charge in [0, 0.05) is 13.1 Å². The van der Waals surface area contributed by atoms with Gasteiger partial charge in [-0.25, -0.2) is 12.8 Å². The van der Waals surface area contributed by atoms with Gasteiger partial charge in [0.05, 0.1) is 11.5 Å². The van der Waals surface area contributed by atoms with E-state index in [2.05, 4.69) is 0 Å². The van der Waals surface area contributed by atoms with Crippen LogP contribution in [0.4, 0.5) is 4.39 Å². The van der Waals surface area contributed by atoms with Gasteiger partial charge in [-0.3, -0.25) is 0 Å². The van der Waals surface area contributed by atoms with Gasteiger partial charge in [0.1, 0.15) is 5.82 Å². The first-order valence-electron chi connectivity index (χ1n) is 6.88. The Morgan fingerprint density at radius 3 is 2.65 bits per heavy atom. The van der Waals surface area contributed by atoms with Gasteiger partial charge in [-0.05, 0) is 42.9 Å². The summed E-state index contributed by atoms with van der Waals surface area (Å²) in [5, 5.41) is 9.27.